The van der Waals surface area contributed by atoms with Crippen LogP contribution in [0.3, 0.4) is 0 Å². The van der Waals surface area contributed by atoms with E-state index in [1.807, 2.05) is 0 Å². The number of hydrogen-bond donors (Lipinski definition) is 3. The number of nitrogens with one attached hydrogen (secondary N) is 1. The van der Waals surface area contributed by atoms with Crippen LogP contribution < -0.4 is 0 Å². The minimum absolute atomic E-state index is 0.211. The van der Waals surface area contributed by atoms with E-state index in [9.17, 15) is 15.0 Å². The van der Waals surface area contributed by atoms with Crippen LogP contribution in [0.2, 0.25) is 0 Å². The molecule has 0 amide bonds. The zero-order valence-corrected chi connectivity index (χ0v) is 26.8. The second-order valence-electron chi connectivity index (χ2n) is 16.4. The van der Waals surface area contributed by atoms with Crippen molar-refractivity contribution in [3.05, 3.63) is 63.6 Å². The van der Waals surface area contributed by atoms with Gasteiger partial charge in [0.15, 0.2) is 11.9 Å². The Morgan fingerprint density at radius 3 is 2.56 bits per heavy atom. The van der Waals surface area contributed by atoms with Crippen molar-refractivity contribution in [3.8, 4) is 0 Å². The highest BCUT2D eigenvalue weighted by Crippen LogP contribution is 2.69. The van der Waals surface area contributed by atoms with Gasteiger partial charge >= 0.3 is 0 Å². The summed E-state index contributed by atoms with van der Waals surface area (Å²) in [6.45, 7) is 16.5. The number of benzene rings is 1. The first kappa shape index (κ1) is 27.8. The van der Waals surface area contributed by atoms with Crippen LogP contribution in [-0.2, 0) is 32.5 Å². The summed E-state index contributed by atoms with van der Waals surface area (Å²) < 4.78 is 12.7. The number of H-pyrrole nitrogens is 1. The lowest BCUT2D eigenvalue weighted by Gasteiger charge is -2.62. The van der Waals surface area contributed by atoms with Crippen molar-refractivity contribution in [2.75, 3.05) is 0 Å². The van der Waals surface area contributed by atoms with Crippen molar-refractivity contribution >= 4 is 22.3 Å². The van der Waals surface area contributed by atoms with Gasteiger partial charge in [0, 0.05) is 39.4 Å². The Morgan fingerprint density at radius 1 is 1.09 bits per heavy atom. The van der Waals surface area contributed by atoms with E-state index in [4.69, 9.17) is 9.47 Å². The van der Waals surface area contributed by atoms with Gasteiger partial charge in [-0.2, -0.15) is 0 Å². The lowest BCUT2D eigenvalue weighted by Crippen LogP contribution is -2.65. The molecule has 0 radical (unpaired) electrons. The van der Waals surface area contributed by atoms with E-state index in [1.165, 1.54) is 44.4 Å². The van der Waals surface area contributed by atoms with Crippen LogP contribution in [0.1, 0.15) is 103 Å². The molecule has 0 spiro atoms. The topological polar surface area (TPSA) is 91.8 Å². The Morgan fingerprint density at radius 2 is 1.84 bits per heavy atom. The molecule has 0 bridgehead atoms. The van der Waals surface area contributed by atoms with Crippen molar-refractivity contribution in [2.45, 2.75) is 128 Å². The number of carbonyl (C=O) groups excluding carboxylic acids is 1. The molecule has 3 N–H and O–H groups in total. The summed E-state index contributed by atoms with van der Waals surface area (Å²) in [5, 5.41) is 24.6. The predicted molar refractivity (Wildman–Crippen MR) is 167 cm³/mol. The Balaban J connectivity index is 1.24. The first-order chi connectivity index (χ1) is 19.9. The smallest absolute Gasteiger partial charge is 0.199 e. The van der Waals surface area contributed by atoms with E-state index < -0.39 is 22.7 Å². The number of allylic oxidation sites excluding steroid dienone is 1. The summed E-state index contributed by atoms with van der Waals surface area (Å²) in [5.74, 6) is 0.646. The molecule has 0 unspecified atom stereocenters. The normalized spacial score (nSPS) is 37.0. The number of aromatic nitrogens is 1. The summed E-state index contributed by atoms with van der Waals surface area (Å²) in [7, 11) is 0. The van der Waals surface area contributed by atoms with Crippen molar-refractivity contribution in [1.82, 2.24) is 4.98 Å². The second kappa shape index (κ2) is 7.94. The quantitative estimate of drug-likeness (QED) is 0.363. The first-order valence-electron chi connectivity index (χ1n) is 16.1. The van der Waals surface area contributed by atoms with E-state index in [0.717, 1.165) is 25.7 Å². The molecule has 1 fully saturated rings. The first-order valence-corrected chi connectivity index (χ1v) is 16.1. The van der Waals surface area contributed by atoms with Crippen LogP contribution in [0, 0.1) is 11.3 Å². The van der Waals surface area contributed by atoms with E-state index in [0.29, 0.717) is 30.1 Å². The maximum Gasteiger partial charge on any atom is 0.199 e. The van der Waals surface area contributed by atoms with Gasteiger partial charge in [-0.15, -0.1) is 0 Å². The van der Waals surface area contributed by atoms with Gasteiger partial charge in [-0.05, 0) is 132 Å². The number of rotatable bonds is 1. The number of aliphatic hydroxyl groups is 2. The highest BCUT2D eigenvalue weighted by Gasteiger charge is 2.69. The van der Waals surface area contributed by atoms with Gasteiger partial charge in [0.1, 0.15) is 11.4 Å². The highest BCUT2D eigenvalue weighted by molar-refractivity contribution is 5.97. The second-order valence-corrected chi connectivity index (χ2v) is 16.4. The minimum Gasteiger partial charge on any atom is -0.479 e. The standard InChI is InChI=1S/C37H45NO5/c1-32(2)18-24-21-16-27-22(13-19(21)14-25(24)34(5,6)43-32)23-15-20-9-12-37(41)26-17-28(39)31(33(3,4)40)42-29(26)10-11-35(37,7)36(20,8)30(23)38-27/h10,13,16-17,20,31,38,40-41H,9,11-12,14-15,18H2,1-8H3/t20-,31-,35+,36+,37+/m0/s1. The van der Waals surface area contributed by atoms with Crippen molar-refractivity contribution < 1.29 is 24.5 Å². The molecule has 6 heteroatoms. The Kier molecular flexibility index (Phi) is 5.14. The summed E-state index contributed by atoms with van der Waals surface area (Å²) in [6, 6.07) is 4.81. The zero-order valence-electron chi connectivity index (χ0n) is 26.8. The largest absolute Gasteiger partial charge is 0.479 e. The van der Waals surface area contributed by atoms with Crippen molar-refractivity contribution in [2.24, 2.45) is 11.3 Å². The minimum atomic E-state index is -1.31. The molecule has 0 saturated heterocycles. The van der Waals surface area contributed by atoms with Crippen molar-refractivity contribution in [3.63, 3.8) is 0 Å². The molecule has 228 valence electrons. The summed E-state index contributed by atoms with van der Waals surface area (Å²) in [5.41, 5.74) is 6.08. The van der Waals surface area contributed by atoms with E-state index >= 15 is 0 Å². The molecule has 2 aromatic rings. The molecule has 6 aliphatic rings. The molecule has 4 aliphatic carbocycles. The fourth-order valence-corrected chi connectivity index (χ4v) is 10.4. The molecule has 6 nitrogen and oxygen atoms in total. The van der Waals surface area contributed by atoms with Crippen LogP contribution in [0.15, 0.2) is 41.2 Å². The number of aromatic amines is 1. The Bertz CT molecular complexity index is 1740. The van der Waals surface area contributed by atoms with E-state index in [1.54, 1.807) is 19.9 Å². The predicted octanol–water partition coefficient (Wildman–Crippen LogP) is 6.37. The number of carbonyl (C=O) groups is 1. The lowest BCUT2D eigenvalue weighted by molar-refractivity contribution is -0.157. The number of hydrogen-bond acceptors (Lipinski definition) is 5. The van der Waals surface area contributed by atoms with Crippen LogP contribution in [0.4, 0.5) is 0 Å². The van der Waals surface area contributed by atoms with Crippen LogP contribution in [-0.4, -0.2) is 49.5 Å². The summed E-state index contributed by atoms with van der Waals surface area (Å²) >= 11 is 0. The number of fused-ring (bicyclic) bond motifs is 11. The molecule has 43 heavy (non-hydrogen) atoms. The van der Waals surface area contributed by atoms with Crippen LogP contribution in [0.25, 0.3) is 16.5 Å². The third-order valence-corrected chi connectivity index (χ3v) is 12.6. The molecule has 8 rings (SSSR count). The van der Waals surface area contributed by atoms with E-state index in [2.05, 4.69) is 64.7 Å². The lowest BCUT2D eigenvalue weighted by atomic mass is 9.44. The Hall–Kier alpha value is -2.67. The molecular formula is C37H45NO5. The molecule has 3 heterocycles. The van der Waals surface area contributed by atoms with E-state index in [-0.39, 0.29) is 22.4 Å². The average Bonchev–Trinajstić information content (AvgIpc) is 3.52. The van der Waals surface area contributed by atoms with Gasteiger partial charge < -0.3 is 24.7 Å². The molecule has 2 aliphatic heterocycles. The van der Waals surface area contributed by atoms with Gasteiger partial charge in [0.25, 0.3) is 0 Å². The Labute approximate surface area is 254 Å². The molecular weight excluding hydrogens is 538 g/mol. The maximum absolute atomic E-state index is 13.2. The maximum atomic E-state index is 13.2. The van der Waals surface area contributed by atoms with Gasteiger partial charge in [0.05, 0.1) is 16.8 Å². The number of ketones is 1. The molecule has 5 atom stereocenters. The SMILES string of the molecule is CC1(C)CC2=C(Cc3cc4c5c([nH]c4cc32)[C@@]2(C)[C@@H](CC[C@@]3(O)C4=CC(=O)[C@@H](C(C)(C)O)OC4=CC[C@@]32C)C5)C(C)(C)O1. The fraction of sp³-hybridized carbons (Fsp3) is 0.595. The molecule has 1 saturated carbocycles. The third-order valence-electron chi connectivity index (χ3n) is 12.6. The fourth-order valence-electron chi connectivity index (χ4n) is 10.4. The average molecular weight is 584 g/mol. The summed E-state index contributed by atoms with van der Waals surface area (Å²) in [6.07, 6.45) is 7.54. The van der Waals surface area contributed by atoms with Crippen LogP contribution in [0.5, 0.6) is 0 Å². The van der Waals surface area contributed by atoms with Gasteiger partial charge in [-0.3, -0.25) is 4.79 Å². The molecule has 1 aromatic carbocycles. The van der Waals surface area contributed by atoms with Crippen molar-refractivity contribution in [1.29, 1.82) is 0 Å². The monoisotopic (exact) mass is 583 g/mol. The summed E-state index contributed by atoms with van der Waals surface area (Å²) in [4.78, 5) is 17.1. The molecule has 1 aromatic heterocycles. The van der Waals surface area contributed by atoms with Gasteiger partial charge in [-0.25, -0.2) is 0 Å². The highest BCUT2D eigenvalue weighted by atomic mass is 16.5. The number of ether oxygens (including phenoxy) is 2. The third kappa shape index (κ3) is 3.33. The van der Waals surface area contributed by atoms with Gasteiger partial charge in [0.2, 0.25) is 0 Å². The van der Waals surface area contributed by atoms with Gasteiger partial charge in [-0.1, -0.05) is 13.8 Å². The van der Waals surface area contributed by atoms with Crippen LogP contribution >= 0.6 is 0 Å². The zero-order chi connectivity index (χ0) is 30.7.